The van der Waals surface area contributed by atoms with Gasteiger partial charge in [-0.15, -0.1) is 0 Å². The summed E-state index contributed by atoms with van der Waals surface area (Å²) in [4.78, 5) is 29.1. The summed E-state index contributed by atoms with van der Waals surface area (Å²) in [6.45, 7) is 1.67. The Balaban J connectivity index is 2.11. The van der Waals surface area contributed by atoms with E-state index in [0.29, 0.717) is 34.3 Å². The zero-order chi connectivity index (χ0) is 30.9. The topological polar surface area (TPSA) is 105 Å². The van der Waals surface area contributed by atoms with Crippen molar-refractivity contribution in [3.8, 4) is 11.5 Å². The summed E-state index contributed by atoms with van der Waals surface area (Å²) in [5.74, 6) is -0.338. The van der Waals surface area contributed by atoms with Crippen LogP contribution in [0.3, 0.4) is 0 Å². The van der Waals surface area contributed by atoms with Crippen molar-refractivity contribution in [2.75, 3.05) is 37.9 Å². The first kappa shape index (κ1) is 33.0. The van der Waals surface area contributed by atoms with Gasteiger partial charge in [-0.25, -0.2) is 8.42 Å². The number of ether oxygens (including phenoxy) is 2. The highest BCUT2D eigenvalue weighted by atomic mass is 35.5. The van der Waals surface area contributed by atoms with Crippen molar-refractivity contribution in [1.82, 2.24) is 10.2 Å². The number of amides is 2. The monoisotopic (exact) mass is 635 g/mol. The number of sulfonamides is 1. The lowest BCUT2D eigenvalue weighted by Crippen LogP contribution is -2.53. The van der Waals surface area contributed by atoms with Crippen LogP contribution < -0.4 is 19.1 Å². The van der Waals surface area contributed by atoms with Crippen LogP contribution in [-0.2, 0) is 32.6 Å². The molecule has 3 aromatic rings. The van der Waals surface area contributed by atoms with Crippen LogP contribution >= 0.6 is 23.2 Å². The van der Waals surface area contributed by atoms with Crippen molar-refractivity contribution < 1.29 is 27.5 Å². The Kier molecular flexibility index (Phi) is 11.9. The van der Waals surface area contributed by atoms with Crippen LogP contribution in [0.5, 0.6) is 11.5 Å². The van der Waals surface area contributed by atoms with Crippen LogP contribution in [0.1, 0.15) is 24.5 Å². The SMILES string of the molecule is CCCNC(=O)[C@H](Cc1ccccc1)N(Cc1ccc(Cl)cc1Cl)C(=O)CN(c1ccc(OC)cc1OC)S(C)(=O)=O. The van der Waals surface area contributed by atoms with Crippen molar-refractivity contribution in [2.24, 2.45) is 0 Å². The number of nitrogens with one attached hydrogen (secondary N) is 1. The third-order valence-electron chi connectivity index (χ3n) is 6.51. The average Bonchev–Trinajstić information content (AvgIpc) is 2.96. The van der Waals surface area contributed by atoms with Gasteiger partial charge >= 0.3 is 0 Å². The Bertz CT molecular complexity index is 1490. The Labute approximate surface area is 257 Å². The van der Waals surface area contributed by atoms with Gasteiger partial charge in [-0.1, -0.05) is 66.5 Å². The van der Waals surface area contributed by atoms with E-state index in [1.54, 1.807) is 24.3 Å². The van der Waals surface area contributed by atoms with Gasteiger partial charge in [0, 0.05) is 35.6 Å². The molecule has 0 spiro atoms. The summed E-state index contributed by atoms with van der Waals surface area (Å²) in [5.41, 5.74) is 1.52. The number of carbonyl (C=O) groups excluding carboxylic acids is 2. The highest BCUT2D eigenvalue weighted by Crippen LogP contribution is 2.34. The number of rotatable bonds is 14. The Hall–Kier alpha value is -3.47. The maximum atomic E-state index is 14.2. The van der Waals surface area contributed by atoms with E-state index >= 15 is 0 Å². The summed E-state index contributed by atoms with van der Waals surface area (Å²) in [6.07, 6.45) is 1.89. The first-order valence-corrected chi connectivity index (χ1v) is 15.8. The van der Waals surface area contributed by atoms with Crippen molar-refractivity contribution in [3.05, 3.63) is 87.9 Å². The molecule has 9 nitrogen and oxygen atoms in total. The lowest BCUT2D eigenvalue weighted by Gasteiger charge is -2.34. The predicted molar refractivity (Wildman–Crippen MR) is 166 cm³/mol. The molecule has 3 rings (SSSR count). The van der Waals surface area contributed by atoms with Gasteiger partial charge in [0.2, 0.25) is 21.8 Å². The van der Waals surface area contributed by atoms with Gasteiger partial charge < -0.3 is 19.7 Å². The first-order valence-electron chi connectivity index (χ1n) is 13.2. The normalized spacial score (nSPS) is 11.9. The molecule has 0 fully saturated rings. The van der Waals surface area contributed by atoms with Crippen molar-refractivity contribution in [2.45, 2.75) is 32.4 Å². The van der Waals surface area contributed by atoms with Crippen molar-refractivity contribution in [3.63, 3.8) is 0 Å². The number of hydrogen-bond donors (Lipinski definition) is 1. The first-order chi connectivity index (χ1) is 20.0. The Morgan fingerprint density at radius 2 is 1.69 bits per heavy atom. The van der Waals surface area contributed by atoms with Gasteiger partial charge in [0.15, 0.2) is 0 Å². The van der Waals surface area contributed by atoms with Gasteiger partial charge in [-0.05, 0) is 41.8 Å². The molecule has 42 heavy (non-hydrogen) atoms. The smallest absolute Gasteiger partial charge is 0.244 e. The number of anilines is 1. The molecule has 0 bridgehead atoms. The van der Waals surface area contributed by atoms with Crippen LogP contribution in [0.15, 0.2) is 66.7 Å². The zero-order valence-corrected chi connectivity index (χ0v) is 26.3. The molecule has 2 amide bonds. The zero-order valence-electron chi connectivity index (χ0n) is 24.0. The van der Waals surface area contributed by atoms with Gasteiger partial charge in [0.05, 0.1) is 26.2 Å². The molecule has 12 heteroatoms. The maximum absolute atomic E-state index is 14.2. The lowest BCUT2D eigenvalue weighted by molar-refractivity contribution is -0.140. The second kappa shape index (κ2) is 15.1. The molecule has 0 saturated heterocycles. The third kappa shape index (κ3) is 8.77. The summed E-state index contributed by atoms with van der Waals surface area (Å²) >= 11 is 12.6. The van der Waals surface area contributed by atoms with E-state index in [4.69, 9.17) is 32.7 Å². The second-order valence-corrected chi connectivity index (χ2v) is 12.3. The summed E-state index contributed by atoms with van der Waals surface area (Å²) in [7, 11) is -1.12. The molecule has 0 radical (unpaired) electrons. The Morgan fingerprint density at radius 3 is 2.29 bits per heavy atom. The molecule has 0 aliphatic heterocycles. The molecular weight excluding hydrogens is 601 g/mol. The average molecular weight is 637 g/mol. The molecule has 0 saturated carbocycles. The van der Waals surface area contributed by atoms with E-state index in [0.717, 1.165) is 16.1 Å². The highest BCUT2D eigenvalue weighted by Gasteiger charge is 2.34. The minimum absolute atomic E-state index is 0.0662. The molecule has 1 atom stereocenters. The van der Waals surface area contributed by atoms with Crippen LogP contribution in [0, 0.1) is 0 Å². The molecule has 0 aliphatic rings. The number of benzene rings is 3. The fourth-order valence-corrected chi connectivity index (χ4v) is 5.66. The molecule has 0 unspecified atom stereocenters. The van der Waals surface area contributed by atoms with E-state index in [-0.39, 0.29) is 30.3 Å². The number of halogens is 2. The molecule has 1 N–H and O–H groups in total. The number of nitrogens with zero attached hydrogens (tertiary/aromatic N) is 2. The minimum atomic E-state index is -3.98. The van der Waals surface area contributed by atoms with Gasteiger partial charge in [-0.3, -0.25) is 13.9 Å². The number of carbonyl (C=O) groups is 2. The van der Waals surface area contributed by atoms with E-state index in [9.17, 15) is 18.0 Å². The molecule has 0 aromatic heterocycles. The summed E-state index contributed by atoms with van der Waals surface area (Å²) < 4.78 is 37.7. The number of hydrogen-bond acceptors (Lipinski definition) is 6. The van der Waals surface area contributed by atoms with E-state index in [1.165, 1.54) is 31.3 Å². The summed E-state index contributed by atoms with van der Waals surface area (Å²) in [6, 6.07) is 17.8. The van der Waals surface area contributed by atoms with Crippen LogP contribution in [0.4, 0.5) is 5.69 Å². The van der Waals surface area contributed by atoms with Gasteiger partial charge in [0.1, 0.15) is 24.1 Å². The lowest BCUT2D eigenvalue weighted by atomic mass is 10.0. The second-order valence-electron chi connectivity index (χ2n) is 9.56. The van der Waals surface area contributed by atoms with Gasteiger partial charge in [-0.2, -0.15) is 0 Å². The van der Waals surface area contributed by atoms with E-state index in [2.05, 4.69) is 5.32 Å². The molecule has 0 aliphatic carbocycles. The van der Waals surface area contributed by atoms with E-state index < -0.39 is 28.5 Å². The van der Waals surface area contributed by atoms with Gasteiger partial charge in [0.25, 0.3) is 0 Å². The highest BCUT2D eigenvalue weighted by molar-refractivity contribution is 7.92. The van der Waals surface area contributed by atoms with E-state index in [1.807, 2.05) is 37.3 Å². The standard InChI is InChI=1S/C30H35Cl2N3O6S/c1-5-15-33-30(37)27(16-21-9-7-6-8-10-21)34(19-22-11-12-23(31)17-25(22)32)29(36)20-35(42(4,38)39)26-14-13-24(40-2)18-28(26)41-3/h6-14,17-18,27H,5,15-16,19-20H2,1-4H3,(H,33,37)/t27-/m0/s1. The fourth-order valence-electron chi connectivity index (χ4n) is 4.34. The molecular formula is C30H35Cl2N3O6S. The molecule has 226 valence electrons. The molecule has 0 heterocycles. The quantitative estimate of drug-likeness (QED) is 0.269. The fraction of sp³-hybridized carbons (Fsp3) is 0.333. The number of methoxy groups -OCH3 is 2. The predicted octanol–water partition coefficient (Wildman–Crippen LogP) is 4.94. The van der Waals surface area contributed by atoms with Crippen LogP contribution in [0.2, 0.25) is 10.0 Å². The van der Waals surface area contributed by atoms with Crippen molar-refractivity contribution >= 4 is 50.7 Å². The van der Waals surface area contributed by atoms with Crippen LogP contribution in [-0.4, -0.2) is 64.7 Å². The molecule has 3 aromatic carbocycles. The minimum Gasteiger partial charge on any atom is -0.497 e. The third-order valence-corrected chi connectivity index (χ3v) is 8.22. The maximum Gasteiger partial charge on any atom is 0.244 e. The summed E-state index contributed by atoms with van der Waals surface area (Å²) in [5, 5.41) is 3.62. The van der Waals surface area contributed by atoms with Crippen molar-refractivity contribution in [1.29, 1.82) is 0 Å². The van der Waals surface area contributed by atoms with Crippen LogP contribution in [0.25, 0.3) is 0 Å². The largest absolute Gasteiger partial charge is 0.497 e. The Morgan fingerprint density at radius 1 is 0.976 bits per heavy atom.